The highest BCUT2D eigenvalue weighted by Gasteiger charge is 2.18. The predicted octanol–water partition coefficient (Wildman–Crippen LogP) is 3.59. The maximum Gasteiger partial charge on any atom is 0.410 e. The zero-order valence-electron chi connectivity index (χ0n) is 12.1. The number of nitrogens with one attached hydrogen (secondary N) is 1. The van der Waals surface area contributed by atoms with Gasteiger partial charge in [0.2, 0.25) is 5.95 Å². The highest BCUT2D eigenvalue weighted by Crippen LogP contribution is 2.40. The summed E-state index contributed by atoms with van der Waals surface area (Å²) >= 11 is 9.56. The molecule has 0 aliphatic carbocycles. The largest absolute Gasteiger partial charge is 0.410 e. The molecule has 0 aliphatic heterocycles. The number of rotatable bonds is 3. The first-order chi connectivity index (χ1) is 11.5. The molecule has 0 fully saturated rings. The third-order valence-electron chi connectivity index (χ3n) is 3.16. The molecule has 9 heteroatoms. The van der Waals surface area contributed by atoms with Crippen LogP contribution in [-0.4, -0.2) is 21.0 Å². The highest BCUT2D eigenvalue weighted by molar-refractivity contribution is 9.10. The van der Waals surface area contributed by atoms with Gasteiger partial charge < -0.3 is 21.2 Å². The maximum absolute atomic E-state index is 11.2. The second-order valence-corrected chi connectivity index (χ2v) is 5.95. The van der Waals surface area contributed by atoms with Crippen molar-refractivity contribution in [1.82, 2.24) is 15.0 Å². The van der Waals surface area contributed by atoms with E-state index in [0.717, 1.165) is 0 Å². The zero-order valence-corrected chi connectivity index (χ0v) is 14.4. The number of nitrogens with two attached hydrogens (primary N) is 2. The van der Waals surface area contributed by atoms with E-state index >= 15 is 0 Å². The van der Waals surface area contributed by atoms with Gasteiger partial charge in [-0.15, -0.1) is 0 Å². The van der Waals surface area contributed by atoms with Crippen molar-refractivity contribution in [2.45, 2.75) is 0 Å². The highest BCUT2D eigenvalue weighted by atomic mass is 79.9. The van der Waals surface area contributed by atoms with Gasteiger partial charge in [0.05, 0.1) is 22.1 Å². The summed E-state index contributed by atoms with van der Waals surface area (Å²) in [5, 5.41) is 0.514. The maximum atomic E-state index is 11.2. The lowest BCUT2D eigenvalue weighted by Gasteiger charge is -2.07. The van der Waals surface area contributed by atoms with Crippen LogP contribution in [0, 0.1) is 0 Å². The first kappa shape index (κ1) is 16.3. The van der Waals surface area contributed by atoms with Crippen LogP contribution < -0.4 is 16.2 Å². The van der Waals surface area contributed by atoms with Crippen LogP contribution >= 0.6 is 27.5 Å². The van der Waals surface area contributed by atoms with Gasteiger partial charge in [-0.2, -0.15) is 0 Å². The minimum atomic E-state index is -0.929. The molecular weight excluding hydrogens is 398 g/mol. The lowest BCUT2D eigenvalue weighted by atomic mass is 10.1. The summed E-state index contributed by atoms with van der Waals surface area (Å²) in [5.74, 6) is 0.377. The predicted molar refractivity (Wildman–Crippen MR) is 94.6 cm³/mol. The number of aromatic amines is 1. The number of amides is 1. The molecule has 24 heavy (non-hydrogen) atoms. The van der Waals surface area contributed by atoms with Crippen LogP contribution in [0.25, 0.3) is 22.6 Å². The number of nitrogens with zero attached hydrogens (tertiary/aromatic N) is 2. The summed E-state index contributed by atoms with van der Waals surface area (Å²) in [5.41, 5.74) is 13.1. The Kier molecular flexibility index (Phi) is 4.41. The molecule has 0 saturated carbocycles. The second kappa shape index (κ2) is 6.50. The molecule has 0 spiro atoms. The molecule has 1 amide bonds. The lowest BCUT2D eigenvalue weighted by molar-refractivity contribution is 0.211. The number of halogens is 2. The van der Waals surface area contributed by atoms with Crippen molar-refractivity contribution in [2.75, 3.05) is 5.73 Å². The molecule has 1 aromatic carbocycles. The SMILES string of the molecule is NC(=O)Oc1cc(-c2ccnc(N)n2)[nH]c1-c1cccc(Cl)c1Br. The summed E-state index contributed by atoms with van der Waals surface area (Å²) < 4.78 is 5.75. The molecular formula is C15H11BrClN5O2. The summed E-state index contributed by atoms with van der Waals surface area (Å²) in [6.07, 6.45) is 0.601. The van der Waals surface area contributed by atoms with E-state index in [0.29, 0.717) is 32.1 Å². The molecule has 3 rings (SSSR count). The topological polar surface area (TPSA) is 120 Å². The Hall–Kier alpha value is -2.58. The average molecular weight is 409 g/mol. The lowest BCUT2D eigenvalue weighted by Crippen LogP contribution is -2.16. The normalized spacial score (nSPS) is 10.6. The minimum absolute atomic E-state index is 0.130. The molecule has 2 heterocycles. The van der Waals surface area contributed by atoms with E-state index in [2.05, 4.69) is 30.9 Å². The van der Waals surface area contributed by atoms with Gasteiger partial charge in [0.1, 0.15) is 0 Å². The van der Waals surface area contributed by atoms with Gasteiger partial charge >= 0.3 is 6.09 Å². The van der Waals surface area contributed by atoms with Crippen LogP contribution in [0.1, 0.15) is 0 Å². The Morgan fingerprint density at radius 3 is 2.83 bits per heavy atom. The Morgan fingerprint density at radius 1 is 1.33 bits per heavy atom. The number of ether oxygens (including phenoxy) is 1. The number of H-pyrrole nitrogens is 1. The average Bonchev–Trinajstić information content (AvgIpc) is 2.93. The van der Waals surface area contributed by atoms with Crippen molar-refractivity contribution in [3.8, 4) is 28.4 Å². The van der Waals surface area contributed by atoms with E-state index in [1.807, 2.05) is 6.07 Å². The Labute approximate surface area is 150 Å². The summed E-state index contributed by atoms with van der Waals surface area (Å²) in [6, 6.07) is 8.61. The van der Waals surface area contributed by atoms with Gasteiger partial charge in [-0.1, -0.05) is 23.7 Å². The van der Waals surface area contributed by atoms with Crippen LogP contribution in [0.5, 0.6) is 5.75 Å². The van der Waals surface area contributed by atoms with Crippen molar-refractivity contribution in [3.05, 3.63) is 46.0 Å². The molecule has 0 saturated heterocycles. The van der Waals surface area contributed by atoms with Crippen LogP contribution in [-0.2, 0) is 0 Å². The summed E-state index contributed by atoms with van der Waals surface area (Å²) in [6.45, 7) is 0. The van der Waals surface area contributed by atoms with E-state index in [1.165, 1.54) is 6.20 Å². The third-order valence-corrected chi connectivity index (χ3v) is 4.56. The van der Waals surface area contributed by atoms with Crippen LogP contribution in [0.4, 0.5) is 10.7 Å². The number of anilines is 1. The molecule has 5 N–H and O–H groups in total. The van der Waals surface area contributed by atoms with Gasteiger partial charge in [0.15, 0.2) is 5.75 Å². The molecule has 122 valence electrons. The van der Waals surface area contributed by atoms with Crippen LogP contribution in [0.2, 0.25) is 5.02 Å². The standard InChI is InChI=1S/C15H11BrClN5O2/c16-12-7(2-1-3-8(12)17)13-11(24-15(19)23)6-10(21-13)9-4-5-20-14(18)22-9/h1-6,21H,(H2,19,23)(H2,18,20,22). The Morgan fingerprint density at radius 2 is 2.12 bits per heavy atom. The van der Waals surface area contributed by atoms with E-state index < -0.39 is 6.09 Å². The van der Waals surface area contributed by atoms with Gasteiger partial charge in [0.25, 0.3) is 0 Å². The van der Waals surface area contributed by atoms with E-state index in [4.69, 9.17) is 27.8 Å². The number of hydrogen-bond acceptors (Lipinski definition) is 5. The van der Waals surface area contributed by atoms with Crippen molar-refractivity contribution in [1.29, 1.82) is 0 Å². The number of benzene rings is 1. The number of carbonyl (C=O) groups is 1. The van der Waals surface area contributed by atoms with Crippen LogP contribution in [0.15, 0.2) is 41.0 Å². The van der Waals surface area contributed by atoms with Gasteiger partial charge in [-0.05, 0) is 28.1 Å². The fraction of sp³-hybridized carbons (Fsp3) is 0. The van der Waals surface area contributed by atoms with Crippen molar-refractivity contribution in [3.63, 3.8) is 0 Å². The molecule has 0 aliphatic rings. The molecule has 0 unspecified atom stereocenters. The van der Waals surface area contributed by atoms with Gasteiger partial charge in [-0.25, -0.2) is 14.8 Å². The molecule has 3 aromatic rings. The minimum Gasteiger partial charge on any atom is -0.408 e. The van der Waals surface area contributed by atoms with E-state index in [-0.39, 0.29) is 11.7 Å². The number of nitrogen functional groups attached to an aromatic ring is 1. The molecule has 0 radical (unpaired) electrons. The fourth-order valence-corrected chi connectivity index (χ4v) is 2.82. The molecule has 2 aromatic heterocycles. The Balaban J connectivity index is 2.17. The molecule has 0 atom stereocenters. The van der Waals surface area contributed by atoms with E-state index in [9.17, 15) is 4.79 Å². The third kappa shape index (κ3) is 3.19. The number of aromatic nitrogens is 3. The van der Waals surface area contributed by atoms with Gasteiger partial charge in [-0.3, -0.25) is 0 Å². The number of primary amides is 1. The number of carbonyl (C=O) groups excluding carboxylic acids is 1. The van der Waals surface area contributed by atoms with Gasteiger partial charge in [0, 0.05) is 22.3 Å². The molecule has 7 nitrogen and oxygen atoms in total. The summed E-state index contributed by atoms with van der Waals surface area (Å²) in [7, 11) is 0. The van der Waals surface area contributed by atoms with E-state index in [1.54, 1.807) is 24.3 Å². The fourth-order valence-electron chi connectivity index (χ4n) is 2.18. The summed E-state index contributed by atoms with van der Waals surface area (Å²) in [4.78, 5) is 22.3. The zero-order chi connectivity index (χ0) is 17.3. The second-order valence-electron chi connectivity index (χ2n) is 4.74. The first-order valence-corrected chi connectivity index (χ1v) is 7.86. The molecule has 0 bridgehead atoms. The quantitative estimate of drug-likeness (QED) is 0.611. The Bertz CT molecular complexity index is 928. The van der Waals surface area contributed by atoms with Crippen molar-refractivity contribution >= 4 is 39.6 Å². The van der Waals surface area contributed by atoms with Crippen molar-refractivity contribution < 1.29 is 9.53 Å². The number of hydrogen-bond donors (Lipinski definition) is 3. The monoisotopic (exact) mass is 407 g/mol. The first-order valence-electron chi connectivity index (χ1n) is 6.69. The smallest absolute Gasteiger partial charge is 0.408 e. The van der Waals surface area contributed by atoms with Crippen molar-refractivity contribution in [2.24, 2.45) is 5.73 Å². The van der Waals surface area contributed by atoms with Crippen LogP contribution in [0.3, 0.4) is 0 Å².